The van der Waals surface area contributed by atoms with E-state index in [-0.39, 0.29) is 5.91 Å². The van der Waals surface area contributed by atoms with Crippen LogP contribution in [0.2, 0.25) is 0 Å². The van der Waals surface area contributed by atoms with E-state index < -0.39 is 5.76 Å². The lowest BCUT2D eigenvalue weighted by Gasteiger charge is -2.05. The number of amides is 1. The van der Waals surface area contributed by atoms with Gasteiger partial charge < -0.3 is 9.73 Å². The Balaban J connectivity index is 2.03. The van der Waals surface area contributed by atoms with Crippen LogP contribution in [-0.4, -0.2) is 17.0 Å². The first-order chi connectivity index (χ1) is 11.1. The van der Waals surface area contributed by atoms with Crippen LogP contribution >= 0.6 is 0 Å². The molecule has 23 heavy (non-hydrogen) atoms. The van der Waals surface area contributed by atoms with Crippen LogP contribution in [0.15, 0.2) is 51.7 Å². The molecule has 0 radical (unpaired) electrons. The Hall–Kier alpha value is -2.82. The Bertz CT molecular complexity index is 904. The monoisotopic (exact) mass is 310 g/mol. The third kappa shape index (κ3) is 3.04. The van der Waals surface area contributed by atoms with Crippen molar-refractivity contribution in [3.63, 3.8) is 0 Å². The second-order valence-corrected chi connectivity index (χ2v) is 5.48. The molecule has 118 valence electrons. The van der Waals surface area contributed by atoms with E-state index in [1.54, 1.807) is 22.8 Å². The highest BCUT2D eigenvalue weighted by Gasteiger charge is 2.13. The maximum atomic E-state index is 12.1. The number of carbonyl (C=O) groups is 1. The van der Waals surface area contributed by atoms with Crippen LogP contribution in [0.4, 0.5) is 0 Å². The van der Waals surface area contributed by atoms with E-state index in [0.717, 1.165) is 11.1 Å². The van der Waals surface area contributed by atoms with Crippen molar-refractivity contribution in [3.05, 3.63) is 69.7 Å². The summed E-state index contributed by atoms with van der Waals surface area (Å²) in [5.74, 6) is -0.585. The average molecular weight is 310 g/mol. The minimum Gasteiger partial charge on any atom is -0.408 e. The van der Waals surface area contributed by atoms with Crippen LogP contribution in [0.3, 0.4) is 0 Å². The molecule has 1 aromatic heterocycles. The van der Waals surface area contributed by atoms with Gasteiger partial charge >= 0.3 is 5.76 Å². The molecule has 1 heterocycles. The smallest absolute Gasteiger partial charge is 0.408 e. The average Bonchev–Trinajstić information content (AvgIpc) is 2.85. The van der Waals surface area contributed by atoms with E-state index in [4.69, 9.17) is 4.42 Å². The molecule has 0 unspecified atom stereocenters. The van der Waals surface area contributed by atoms with Crippen molar-refractivity contribution >= 4 is 17.0 Å². The summed E-state index contributed by atoms with van der Waals surface area (Å²) >= 11 is 0. The molecular weight excluding hydrogens is 292 g/mol. The molecule has 0 fully saturated rings. The van der Waals surface area contributed by atoms with Gasteiger partial charge in [-0.05, 0) is 37.6 Å². The standard InChI is InChI=1S/C18H18N2O3/c1-3-19-17(21)14-8-9-16-15(10-14)20(18(22)23-16)11-13-6-4-12(2)5-7-13/h4-10H,3,11H2,1-2H3,(H,19,21). The van der Waals surface area contributed by atoms with Gasteiger partial charge in [-0.25, -0.2) is 4.79 Å². The summed E-state index contributed by atoms with van der Waals surface area (Å²) in [6.07, 6.45) is 0. The van der Waals surface area contributed by atoms with Crippen molar-refractivity contribution in [2.45, 2.75) is 20.4 Å². The minimum atomic E-state index is -0.423. The number of aromatic nitrogens is 1. The first-order valence-corrected chi connectivity index (χ1v) is 7.55. The van der Waals surface area contributed by atoms with Gasteiger partial charge in [0, 0.05) is 12.1 Å². The predicted octanol–water partition coefficient (Wildman–Crippen LogP) is 2.70. The minimum absolute atomic E-state index is 0.162. The van der Waals surface area contributed by atoms with E-state index in [1.165, 1.54) is 0 Å². The van der Waals surface area contributed by atoms with Gasteiger partial charge in [0.1, 0.15) is 0 Å². The Kier molecular flexibility index (Phi) is 4.02. The number of carbonyl (C=O) groups excluding carboxylic acids is 1. The molecule has 0 bridgehead atoms. The van der Waals surface area contributed by atoms with Crippen molar-refractivity contribution in [2.75, 3.05) is 6.54 Å². The normalized spacial score (nSPS) is 10.9. The SMILES string of the molecule is CCNC(=O)c1ccc2oc(=O)n(Cc3ccc(C)cc3)c2c1. The molecular formula is C18H18N2O3. The zero-order chi connectivity index (χ0) is 16.4. The third-order valence-corrected chi connectivity index (χ3v) is 3.73. The molecule has 0 aliphatic rings. The van der Waals surface area contributed by atoms with Crippen molar-refractivity contribution in [1.29, 1.82) is 0 Å². The summed E-state index contributed by atoms with van der Waals surface area (Å²) in [7, 11) is 0. The van der Waals surface area contributed by atoms with E-state index in [9.17, 15) is 9.59 Å². The van der Waals surface area contributed by atoms with Gasteiger partial charge in [0.15, 0.2) is 5.58 Å². The number of nitrogens with zero attached hydrogens (tertiary/aromatic N) is 1. The van der Waals surface area contributed by atoms with Gasteiger partial charge in [-0.3, -0.25) is 9.36 Å². The first-order valence-electron chi connectivity index (χ1n) is 7.55. The summed E-state index contributed by atoms with van der Waals surface area (Å²) in [5, 5.41) is 2.75. The molecule has 3 rings (SSSR count). The van der Waals surface area contributed by atoms with Crippen LogP contribution in [-0.2, 0) is 6.54 Å². The van der Waals surface area contributed by atoms with Crippen molar-refractivity contribution in [2.24, 2.45) is 0 Å². The molecule has 0 aliphatic carbocycles. The zero-order valence-corrected chi connectivity index (χ0v) is 13.1. The van der Waals surface area contributed by atoms with E-state index in [1.807, 2.05) is 38.1 Å². The Morgan fingerprint density at radius 3 is 2.61 bits per heavy atom. The fraction of sp³-hybridized carbons (Fsp3) is 0.222. The molecule has 3 aromatic rings. The fourth-order valence-electron chi connectivity index (χ4n) is 2.49. The number of rotatable bonds is 4. The highest BCUT2D eigenvalue weighted by Crippen LogP contribution is 2.17. The molecule has 0 saturated heterocycles. The second-order valence-electron chi connectivity index (χ2n) is 5.48. The lowest BCUT2D eigenvalue weighted by atomic mass is 10.1. The number of benzene rings is 2. The van der Waals surface area contributed by atoms with Crippen molar-refractivity contribution < 1.29 is 9.21 Å². The van der Waals surface area contributed by atoms with E-state index >= 15 is 0 Å². The molecule has 0 saturated carbocycles. The summed E-state index contributed by atoms with van der Waals surface area (Å²) in [6, 6.07) is 13.0. The number of aryl methyl sites for hydroxylation is 1. The van der Waals surface area contributed by atoms with Crippen LogP contribution in [0.25, 0.3) is 11.1 Å². The highest BCUT2D eigenvalue weighted by molar-refractivity contribution is 5.97. The molecule has 0 atom stereocenters. The topological polar surface area (TPSA) is 64.2 Å². The van der Waals surface area contributed by atoms with Gasteiger partial charge in [0.25, 0.3) is 5.91 Å². The maximum absolute atomic E-state index is 12.1. The number of fused-ring (bicyclic) bond motifs is 1. The predicted molar refractivity (Wildman–Crippen MR) is 88.8 cm³/mol. The van der Waals surface area contributed by atoms with Crippen molar-refractivity contribution in [1.82, 2.24) is 9.88 Å². The third-order valence-electron chi connectivity index (χ3n) is 3.73. The molecule has 5 heteroatoms. The molecule has 1 amide bonds. The van der Waals surface area contributed by atoms with Crippen LogP contribution in [0.5, 0.6) is 0 Å². The van der Waals surface area contributed by atoms with E-state index in [2.05, 4.69) is 5.32 Å². The van der Waals surface area contributed by atoms with Gasteiger partial charge in [-0.15, -0.1) is 0 Å². The number of oxazole rings is 1. The second kappa shape index (κ2) is 6.12. The van der Waals surface area contributed by atoms with Crippen LogP contribution in [0, 0.1) is 6.92 Å². The lowest BCUT2D eigenvalue weighted by Crippen LogP contribution is -2.22. The van der Waals surface area contributed by atoms with Gasteiger partial charge in [0.05, 0.1) is 12.1 Å². The molecule has 0 spiro atoms. The molecule has 2 aromatic carbocycles. The van der Waals surface area contributed by atoms with Gasteiger partial charge in [-0.1, -0.05) is 29.8 Å². The Morgan fingerprint density at radius 1 is 1.17 bits per heavy atom. The first kappa shape index (κ1) is 15.1. The summed E-state index contributed by atoms with van der Waals surface area (Å²) < 4.78 is 6.81. The quantitative estimate of drug-likeness (QED) is 0.806. The number of nitrogens with one attached hydrogen (secondary N) is 1. The van der Waals surface area contributed by atoms with Crippen LogP contribution < -0.4 is 11.1 Å². The lowest BCUT2D eigenvalue weighted by molar-refractivity contribution is 0.0956. The fourth-order valence-corrected chi connectivity index (χ4v) is 2.49. The Labute approximate surface area is 133 Å². The highest BCUT2D eigenvalue weighted by atomic mass is 16.4. The molecule has 5 nitrogen and oxygen atoms in total. The van der Waals surface area contributed by atoms with Gasteiger partial charge in [-0.2, -0.15) is 0 Å². The molecule has 0 aliphatic heterocycles. The zero-order valence-electron chi connectivity index (χ0n) is 13.1. The van der Waals surface area contributed by atoms with Gasteiger partial charge in [0.2, 0.25) is 0 Å². The largest absolute Gasteiger partial charge is 0.420 e. The summed E-state index contributed by atoms with van der Waals surface area (Å²) in [6.45, 7) is 4.84. The number of hydrogen-bond acceptors (Lipinski definition) is 3. The van der Waals surface area contributed by atoms with Crippen LogP contribution in [0.1, 0.15) is 28.4 Å². The molecule has 1 N–H and O–H groups in total. The maximum Gasteiger partial charge on any atom is 0.420 e. The summed E-state index contributed by atoms with van der Waals surface area (Å²) in [4.78, 5) is 24.1. The number of hydrogen-bond donors (Lipinski definition) is 1. The van der Waals surface area contributed by atoms with E-state index in [0.29, 0.717) is 29.8 Å². The summed E-state index contributed by atoms with van der Waals surface area (Å²) in [5.41, 5.74) is 3.78. The van der Waals surface area contributed by atoms with Crippen molar-refractivity contribution in [3.8, 4) is 0 Å². The Morgan fingerprint density at radius 2 is 1.91 bits per heavy atom.